The number of benzene rings is 2. The Kier molecular flexibility index (Phi) is 6.21. The summed E-state index contributed by atoms with van der Waals surface area (Å²) in [7, 11) is -2.49. The van der Waals surface area contributed by atoms with E-state index in [2.05, 4.69) is 9.72 Å². The summed E-state index contributed by atoms with van der Waals surface area (Å²) < 4.78 is 72.0. The molecule has 0 amide bonds. The van der Waals surface area contributed by atoms with Crippen LogP contribution in [-0.2, 0) is 23.6 Å². The summed E-state index contributed by atoms with van der Waals surface area (Å²) >= 11 is 0. The van der Waals surface area contributed by atoms with Crippen molar-refractivity contribution in [3.05, 3.63) is 77.7 Å². The van der Waals surface area contributed by atoms with Gasteiger partial charge in [0.05, 0.1) is 18.5 Å². The molecule has 0 bridgehead atoms. The first-order chi connectivity index (χ1) is 15.5. The van der Waals surface area contributed by atoms with Gasteiger partial charge in [-0.1, -0.05) is 36.4 Å². The zero-order chi connectivity index (χ0) is 23.8. The van der Waals surface area contributed by atoms with Gasteiger partial charge in [-0.25, -0.2) is 13.4 Å². The number of sulfonamides is 1. The standard InChI is InChI=1S/C22H22F3N3O4S/c1-27-13-21(26-14-27)33(30,31)28(12-15-5-4-6-16(11-15)32-22(23,24)25)19-9-10-20(29)18-8-3-2-7-17(18)19/h2-8,11,13-14,19-20,29H,9-10,12H2,1H3. The number of aromatic nitrogens is 2. The van der Waals surface area contributed by atoms with Crippen molar-refractivity contribution < 1.29 is 31.4 Å². The molecule has 4 rings (SSSR count). The number of hydrogen-bond donors (Lipinski definition) is 1. The highest BCUT2D eigenvalue weighted by atomic mass is 32.2. The van der Waals surface area contributed by atoms with Crippen LogP contribution in [-0.4, -0.2) is 33.7 Å². The molecule has 1 aromatic heterocycles. The molecule has 1 heterocycles. The van der Waals surface area contributed by atoms with Crippen molar-refractivity contribution in [2.24, 2.45) is 7.05 Å². The van der Waals surface area contributed by atoms with E-state index in [-0.39, 0.29) is 11.6 Å². The second-order valence-corrected chi connectivity index (χ2v) is 9.70. The van der Waals surface area contributed by atoms with E-state index in [1.54, 1.807) is 31.3 Å². The molecule has 1 aliphatic rings. The topological polar surface area (TPSA) is 84.7 Å². The van der Waals surface area contributed by atoms with Crippen molar-refractivity contribution >= 4 is 10.0 Å². The van der Waals surface area contributed by atoms with Crippen LogP contribution in [0.1, 0.15) is 41.7 Å². The predicted octanol–water partition coefficient (Wildman–Crippen LogP) is 4.08. The fraction of sp³-hybridized carbons (Fsp3) is 0.318. The molecule has 176 valence electrons. The van der Waals surface area contributed by atoms with Gasteiger partial charge in [0.25, 0.3) is 10.0 Å². The van der Waals surface area contributed by atoms with Gasteiger partial charge in [0.1, 0.15) is 5.75 Å². The molecular formula is C22H22F3N3O4S. The summed E-state index contributed by atoms with van der Waals surface area (Å²) in [5.74, 6) is -0.436. The average Bonchev–Trinajstić information content (AvgIpc) is 3.19. The molecule has 3 aromatic rings. The van der Waals surface area contributed by atoms with E-state index in [1.165, 1.54) is 33.5 Å². The molecular weight excluding hydrogens is 459 g/mol. The summed E-state index contributed by atoms with van der Waals surface area (Å²) in [6.07, 6.45) is -2.18. The summed E-state index contributed by atoms with van der Waals surface area (Å²) in [4.78, 5) is 3.99. The smallest absolute Gasteiger partial charge is 0.406 e. The number of alkyl halides is 3. The van der Waals surface area contributed by atoms with Gasteiger partial charge in [0, 0.05) is 19.8 Å². The molecule has 0 saturated carbocycles. The van der Waals surface area contributed by atoms with Gasteiger partial charge in [-0.05, 0) is 41.7 Å². The number of aryl methyl sites for hydroxylation is 1. The first-order valence-electron chi connectivity index (χ1n) is 10.2. The molecule has 11 heteroatoms. The number of aliphatic hydroxyl groups excluding tert-OH is 1. The quantitative estimate of drug-likeness (QED) is 0.574. The summed E-state index contributed by atoms with van der Waals surface area (Å²) in [5.41, 5.74) is 1.60. The highest BCUT2D eigenvalue weighted by Gasteiger charge is 2.38. The van der Waals surface area contributed by atoms with Crippen LogP contribution in [0.25, 0.3) is 0 Å². The Morgan fingerprint density at radius 2 is 1.88 bits per heavy atom. The number of nitrogens with zero attached hydrogens (tertiary/aromatic N) is 3. The maximum Gasteiger partial charge on any atom is 0.573 e. The van der Waals surface area contributed by atoms with E-state index in [9.17, 15) is 26.7 Å². The summed E-state index contributed by atoms with van der Waals surface area (Å²) in [5, 5.41) is 10.2. The zero-order valence-corrected chi connectivity index (χ0v) is 18.4. The van der Waals surface area contributed by atoms with Crippen LogP contribution < -0.4 is 4.74 Å². The lowest BCUT2D eigenvalue weighted by molar-refractivity contribution is -0.274. The van der Waals surface area contributed by atoms with E-state index in [4.69, 9.17) is 0 Å². The molecule has 1 N–H and O–H groups in total. The molecule has 0 saturated heterocycles. The SMILES string of the molecule is Cn1cnc(S(=O)(=O)N(Cc2cccc(OC(F)(F)F)c2)C2CCC(O)c3ccccc32)c1. The maximum absolute atomic E-state index is 13.6. The Labute approximate surface area is 189 Å². The van der Waals surface area contributed by atoms with Crippen molar-refractivity contribution in [2.75, 3.05) is 0 Å². The fourth-order valence-electron chi connectivity index (χ4n) is 4.07. The third-order valence-electron chi connectivity index (χ3n) is 5.50. The Morgan fingerprint density at radius 1 is 1.15 bits per heavy atom. The summed E-state index contributed by atoms with van der Waals surface area (Å²) in [6.45, 7) is -0.205. The van der Waals surface area contributed by atoms with Crippen molar-refractivity contribution in [3.63, 3.8) is 0 Å². The zero-order valence-electron chi connectivity index (χ0n) is 17.6. The number of halogens is 3. The predicted molar refractivity (Wildman–Crippen MR) is 112 cm³/mol. The van der Waals surface area contributed by atoms with Crippen molar-refractivity contribution in [2.45, 2.75) is 42.9 Å². The molecule has 0 radical (unpaired) electrons. The molecule has 7 nitrogen and oxygen atoms in total. The van der Waals surface area contributed by atoms with Gasteiger partial charge in [-0.2, -0.15) is 4.31 Å². The lowest BCUT2D eigenvalue weighted by atomic mass is 9.85. The van der Waals surface area contributed by atoms with Gasteiger partial charge >= 0.3 is 6.36 Å². The van der Waals surface area contributed by atoms with Gasteiger partial charge < -0.3 is 14.4 Å². The monoisotopic (exact) mass is 481 g/mol. The van der Waals surface area contributed by atoms with Crippen molar-refractivity contribution in [3.8, 4) is 5.75 Å². The van der Waals surface area contributed by atoms with Crippen LogP contribution in [0.4, 0.5) is 13.2 Å². The number of ether oxygens (including phenoxy) is 1. The number of rotatable bonds is 6. The van der Waals surface area contributed by atoms with Crippen LogP contribution in [0.2, 0.25) is 0 Å². The molecule has 0 fully saturated rings. The number of hydrogen-bond acceptors (Lipinski definition) is 5. The molecule has 33 heavy (non-hydrogen) atoms. The Hall–Kier alpha value is -2.89. The molecule has 2 unspecified atom stereocenters. The van der Waals surface area contributed by atoms with E-state index in [0.29, 0.717) is 29.5 Å². The molecule has 1 aliphatic carbocycles. The third-order valence-corrected chi connectivity index (χ3v) is 7.24. The number of imidazole rings is 1. The van der Waals surface area contributed by atoms with Crippen LogP contribution in [0.5, 0.6) is 5.75 Å². The van der Waals surface area contributed by atoms with Crippen LogP contribution in [0.15, 0.2) is 66.1 Å². The minimum Gasteiger partial charge on any atom is -0.406 e. The average molecular weight is 481 g/mol. The molecule has 0 spiro atoms. The molecule has 2 aromatic carbocycles. The van der Waals surface area contributed by atoms with Crippen LogP contribution >= 0.6 is 0 Å². The van der Waals surface area contributed by atoms with Crippen LogP contribution in [0.3, 0.4) is 0 Å². The largest absolute Gasteiger partial charge is 0.573 e. The third kappa shape index (κ3) is 5.05. The lowest BCUT2D eigenvalue weighted by Gasteiger charge is -2.36. The van der Waals surface area contributed by atoms with E-state index in [0.717, 1.165) is 12.1 Å². The summed E-state index contributed by atoms with van der Waals surface area (Å²) in [6, 6.07) is 11.6. The first kappa shape index (κ1) is 23.3. The van der Waals surface area contributed by atoms with Crippen molar-refractivity contribution in [1.29, 1.82) is 0 Å². The minimum atomic E-state index is -4.86. The molecule has 2 atom stereocenters. The first-order valence-corrected chi connectivity index (χ1v) is 11.6. The number of fused-ring (bicyclic) bond motifs is 1. The second-order valence-electron chi connectivity index (χ2n) is 7.86. The Morgan fingerprint density at radius 3 is 2.55 bits per heavy atom. The van der Waals surface area contributed by atoms with Crippen LogP contribution in [0, 0.1) is 0 Å². The van der Waals surface area contributed by atoms with Gasteiger partial charge in [-0.3, -0.25) is 0 Å². The highest BCUT2D eigenvalue weighted by Crippen LogP contribution is 2.42. The van der Waals surface area contributed by atoms with E-state index in [1.807, 2.05) is 0 Å². The van der Waals surface area contributed by atoms with Gasteiger partial charge in [-0.15, -0.1) is 13.2 Å². The Balaban J connectivity index is 1.77. The maximum atomic E-state index is 13.6. The Bertz CT molecular complexity index is 1240. The normalized spacial score (nSPS) is 18.8. The fourth-order valence-corrected chi connectivity index (χ4v) is 5.66. The highest BCUT2D eigenvalue weighted by molar-refractivity contribution is 7.89. The number of aliphatic hydroxyl groups is 1. The van der Waals surface area contributed by atoms with Crippen molar-refractivity contribution in [1.82, 2.24) is 13.9 Å². The second kappa shape index (κ2) is 8.81. The molecule has 0 aliphatic heterocycles. The minimum absolute atomic E-state index is 0.170. The lowest BCUT2D eigenvalue weighted by Crippen LogP contribution is -2.37. The van der Waals surface area contributed by atoms with E-state index < -0.39 is 34.3 Å². The van der Waals surface area contributed by atoms with Gasteiger partial charge in [0.15, 0.2) is 5.03 Å². The van der Waals surface area contributed by atoms with Gasteiger partial charge in [0.2, 0.25) is 0 Å². The van der Waals surface area contributed by atoms with E-state index >= 15 is 0 Å².